The lowest BCUT2D eigenvalue weighted by molar-refractivity contribution is -0.0811. The molecule has 0 aliphatic rings. The fourth-order valence-corrected chi connectivity index (χ4v) is 0.361. The van der Waals surface area contributed by atoms with Gasteiger partial charge in [0.2, 0.25) is 0 Å². The summed E-state index contributed by atoms with van der Waals surface area (Å²) in [7, 11) is 0. The third-order valence-electron chi connectivity index (χ3n) is 0.689. The quantitative estimate of drug-likeness (QED) is 0.319. The minimum absolute atomic E-state index is 0.427. The molecular formula is C7H6F4. The van der Waals surface area contributed by atoms with Crippen molar-refractivity contribution in [1.29, 1.82) is 0 Å². The molecule has 0 bridgehead atoms. The molecule has 0 N–H and O–H groups in total. The number of hydrogen-bond donors (Lipinski definition) is 0. The summed E-state index contributed by atoms with van der Waals surface area (Å²) in [5, 5.41) is 0. The maximum absolute atomic E-state index is 12.1. The molecule has 0 aliphatic carbocycles. The molecule has 0 atom stereocenters. The minimum atomic E-state index is -4.60. The van der Waals surface area contributed by atoms with Crippen molar-refractivity contribution in [3.05, 3.63) is 29.8 Å². The van der Waals surface area contributed by atoms with E-state index < -0.39 is 18.1 Å². The normalized spacial score (nSPS) is 12.3. The first-order valence-electron chi connectivity index (χ1n) is 2.78. The van der Waals surface area contributed by atoms with Gasteiger partial charge in [-0.3, -0.25) is 0 Å². The van der Waals surface area contributed by atoms with Crippen LogP contribution in [-0.4, -0.2) is 6.18 Å². The fraction of sp³-hybridized carbons (Fsp3) is 0.286. The SMILES string of the molecule is CC=C=CC(F)=CC(F)(F)F. The molecule has 0 nitrogen and oxygen atoms in total. The van der Waals surface area contributed by atoms with Crippen LogP contribution in [0.4, 0.5) is 17.6 Å². The summed E-state index contributed by atoms with van der Waals surface area (Å²) in [5.41, 5.74) is 2.18. The summed E-state index contributed by atoms with van der Waals surface area (Å²) < 4.78 is 46.2. The molecule has 0 fully saturated rings. The van der Waals surface area contributed by atoms with Crippen molar-refractivity contribution in [2.24, 2.45) is 0 Å². The zero-order chi connectivity index (χ0) is 8.91. The fourth-order valence-electron chi connectivity index (χ4n) is 0.361. The molecule has 0 aromatic carbocycles. The molecule has 0 amide bonds. The highest BCUT2D eigenvalue weighted by molar-refractivity contribution is 5.12. The second-order valence-corrected chi connectivity index (χ2v) is 1.67. The van der Waals surface area contributed by atoms with Gasteiger partial charge < -0.3 is 0 Å². The Hall–Kier alpha value is -1.02. The molecule has 0 aliphatic heterocycles. The van der Waals surface area contributed by atoms with E-state index in [4.69, 9.17) is 0 Å². The largest absolute Gasteiger partial charge is 0.412 e. The molecule has 0 unspecified atom stereocenters. The predicted octanol–water partition coefficient (Wildman–Crippen LogP) is 3.13. The number of hydrogen-bond acceptors (Lipinski definition) is 0. The van der Waals surface area contributed by atoms with E-state index in [-0.39, 0.29) is 0 Å². The predicted molar refractivity (Wildman–Crippen MR) is 33.6 cm³/mol. The molecule has 0 saturated carbocycles. The highest BCUT2D eigenvalue weighted by Gasteiger charge is 2.24. The van der Waals surface area contributed by atoms with Gasteiger partial charge in [0.15, 0.2) is 0 Å². The van der Waals surface area contributed by atoms with E-state index in [1.165, 1.54) is 13.0 Å². The summed E-state index contributed by atoms with van der Waals surface area (Å²) in [6, 6.07) is 0. The Labute approximate surface area is 61.5 Å². The van der Waals surface area contributed by atoms with Crippen LogP contribution in [0.3, 0.4) is 0 Å². The highest BCUT2D eigenvalue weighted by atomic mass is 19.4. The Kier molecular flexibility index (Phi) is 3.61. The molecule has 0 rings (SSSR count). The average molecular weight is 166 g/mol. The third kappa shape index (κ3) is 6.87. The van der Waals surface area contributed by atoms with Crippen molar-refractivity contribution in [3.63, 3.8) is 0 Å². The average Bonchev–Trinajstić information content (AvgIpc) is 1.79. The van der Waals surface area contributed by atoms with Gasteiger partial charge in [0.25, 0.3) is 0 Å². The van der Waals surface area contributed by atoms with Crippen LogP contribution in [0.2, 0.25) is 0 Å². The van der Waals surface area contributed by atoms with Gasteiger partial charge in [0, 0.05) is 6.08 Å². The van der Waals surface area contributed by atoms with Gasteiger partial charge in [-0.2, -0.15) is 13.2 Å². The summed E-state index contributed by atoms with van der Waals surface area (Å²) in [4.78, 5) is 0. The maximum Gasteiger partial charge on any atom is 0.412 e. The lowest BCUT2D eigenvalue weighted by Gasteiger charge is -1.95. The molecular weight excluding hydrogens is 160 g/mol. The monoisotopic (exact) mass is 166 g/mol. The van der Waals surface area contributed by atoms with Crippen molar-refractivity contribution < 1.29 is 17.6 Å². The van der Waals surface area contributed by atoms with Crippen molar-refractivity contribution in [2.75, 3.05) is 0 Å². The van der Waals surface area contributed by atoms with Crippen LogP contribution in [0, 0.1) is 0 Å². The van der Waals surface area contributed by atoms with Crippen LogP contribution in [0.25, 0.3) is 0 Å². The number of rotatable bonds is 1. The first kappa shape index (κ1) is 9.98. The van der Waals surface area contributed by atoms with Gasteiger partial charge >= 0.3 is 6.18 Å². The number of halogens is 4. The van der Waals surface area contributed by atoms with Crippen LogP contribution in [0.1, 0.15) is 6.92 Å². The van der Waals surface area contributed by atoms with Gasteiger partial charge in [-0.05, 0) is 13.0 Å². The second-order valence-electron chi connectivity index (χ2n) is 1.67. The zero-order valence-electron chi connectivity index (χ0n) is 5.74. The summed E-state index contributed by atoms with van der Waals surface area (Å²) in [6.45, 7) is 1.53. The zero-order valence-corrected chi connectivity index (χ0v) is 5.74. The highest BCUT2D eigenvalue weighted by Crippen LogP contribution is 2.19. The van der Waals surface area contributed by atoms with Gasteiger partial charge in [-0.1, -0.05) is 0 Å². The second kappa shape index (κ2) is 3.98. The first-order valence-corrected chi connectivity index (χ1v) is 2.78. The summed E-state index contributed by atoms with van der Waals surface area (Å²) in [6.07, 6.45) is -3.10. The van der Waals surface area contributed by atoms with Crippen molar-refractivity contribution in [1.82, 2.24) is 0 Å². The maximum atomic E-state index is 12.1. The van der Waals surface area contributed by atoms with Crippen molar-refractivity contribution in [3.8, 4) is 0 Å². The van der Waals surface area contributed by atoms with Gasteiger partial charge in [-0.25, -0.2) is 4.39 Å². The third-order valence-corrected chi connectivity index (χ3v) is 0.689. The van der Waals surface area contributed by atoms with Gasteiger partial charge in [-0.15, -0.1) is 5.73 Å². The Bertz CT molecular complexity index is 203. The summed E-state index contributed by atoms with van der Waals surface area (Å²) in [5.74, 6) is -1.35. The summed E-state index contributed by atoms with van der Waals surface area (Å²) >= 11 is 0. The molecule has 0 aromatic heterocycles. The molecule has 0 heterocycles. The van der Waals surface area contributed by atoms with E-state index in [1.807, 2.05) is 0 Å². The Morgan fingerprint density at radius 3 is 2.27 bits per heavy atom. The van der Waals surface area contributed by atoms with E-state index in [2.05, 4.69) is 5.73 Å². The van der Waals surface area contributed by atoms with Crippen LogP contribution in [-0.2, 0) is 0 Å². The molecule has 62 valence electrons. The Morgan fingerprint density at radius 2 is 1.91 bits per heavy atom. The Balaban J connectivity index is 4.36. The van der Waals surface area contributed by atoms with E-state index in [1.54, 1.807) is 0 Å². The van der Waals surface area contributed by atoms with E-state index in [0.717, 1.165) is 0 Å². The van der Waals surface area contributed by atoms with Crippen LogP contribution < -0.4 is 0 Å². The molecule has 4 heteroatoms. The van der Waals surface area contributed by atoms with Gasteiger partial charge in [0.05, 0.1) is 6.08 Å². The topological polar surface area (TPSA) is 0 Å². The number of alkyl halides is 3. The number of allylic oxidation sites excluding steroid dienone is 3. The molecule has 0 saturated heterocycles. The van der Waals surface area contributed by atoms with Crippen molar-refractivity contribution >= 4 is 0 Å². The molecule has 0 aromatic rings. The minimum Gasteiger partial charge on any atom is -0.206 e. The smallest absolute Gasteiger partial charge is 0.206 e. The molecule has 0 radical (unpaired) electrons. The van der Waals surface area contributed by atoms with Gasteiger partial charge in [0.1, 0.15) is 5.83 Å². The standard InChI is InChI=1S/C7H6F4/c1-2-3-4-6(8)5-7(9,10)11/h2,4-5H,1H3. The lowest BCUT2D eigenvalue weighted by Crippen LogP contribution is -2.01. The van der Waals surface area contributed by atoms with Crippen LogP contribution in [0.5, 0.6) is 0 Å². The molecule has 0 spiro atoms. The lowest BCUT2D eigenvalue weighted by atomic mass is 10.4. The van der Waals surface area contributed by atoms with E-state index in [9.17, 15) is 17.6 Å². The molecule has 11 heavy (non-hydrogen) atoms. The first-order chi connectivity index (χ1) is 4.95. The van der Waals surface area contributed by atoms with Crippen molar-refractivity contribution in [2.45, 2.75) is 13.1 Å². The van der Waals surface area contributed by atoms with Crippen LogP contribution >= 0.6 is 0 Å². The van der Waals surface area contributed by atoms with E-state index >= 15 is 0 Å². The Morgan fingerprint density at radius 1 is 1.36 bits per heavy atom. The van der Waals surface area contributed by atoms with E-state index in [0.29, 0.717) is 6.08 Å². The van der Waals surface area contributed by atoms with Crippen LogP contribution in [0.15, 0.2) is 29.8 Å².